The lowest BCUT2D eigenvalue weighted by Gasteiger charge is -2.23. The molecular formula is C15H21N3O5. The molecule has 0 saturated heterocycles. The summed E-state index contributed by atoms with van der Waals surface area (Å²) in [5.74, 6) is -0.532. The van der Waals surface area contributed by atoms with Crippen LogP contribution in [0.2, 0.25) is 0 Å². The largest absolute Gasteiger partial charge is 0.453 e. The number of benzene rings is 1. The molecule has 0 saturated carbocycles. The average Bonchev–Trinajstić information content (AvgIpc) is 2.51. The van der Waals surface area contributed by atoms with Crippen molar-refractivity contribution in [2.75, 3.05) is 7.11 Å². The van der Waals surface area contributed by atoms with Gasteiger partial charge in [0.2, 0.25) is 5.91 Å². The molecule has 8 heteroatoms. The van der Waals surface area contributed by atoms with E-state index >= 15 is 0 Å². The molecule has 8 nitrogen and oxygen atoms in total. The van der Waals surface area contributed by atoms with E-state index in [4.69, 9.17) is 0 Å². The number of nitrogens with one attached hydrogen (secondary N) is 2. The molecule has 0 unspecified atom stereocenters. The Morgan fingerprint density at radius 1 is 1.22 bits per heavy atom. The van der Waals surface area contributed by atoms with Gasteiger partial charge in [-0.1, -0.05) is 26.0 Å². The molecule has 2 amide bonds. The molecule has 2 N–H and O–H groups in total. The minimum Gasteiger partial charge on any atom is -0.453 e. The normalized spacial score (nSPS) is 13.1. The Morgan fingerprint density at radius 2 is 1.87 bits per heavy atom. The van der Waals surface area contributed by atoms with Gasteiger partial charge in [-0.2, -0.15) is 0 Å². The number of rotatable bonds is 6. The molecule has 126 valence electrons. The van der Waals surface area contributed by atoms with Gasteiger partial charge in [0.25, 0.3) is 5.69 Å². The fourth-order valence-electron chi connectivity index (χ4n) is 2.02. The van der Waals surface area contributed by atoms with Crippen LogP contribution in [0, 0.1) is 16.0 Å². The van der Waals surface area contributed by atoms with Crippen LogP contribution in [-0.2, 0) is 9.53 Å². The molecule has 0 bridgehead atoms. The Balaban J connectivity index is 2.83. The zero-order chi connectivity index (χ0) is 17.6. The van der Waals surface area contributed by atoms with Crippen LogP contribution in [0.3, 0.4) is 0 Å². The van der Waals surface area contributed by atoms with E-state index in [0.29, 0.717) is 5.56 Å². The molecule has 0 aromatic heterocycles. The quantitative estimate of drug-likeness (QED) is 0.615. The lowest BCUT2D eigenvalue weighted by Crippen LogP contribution is -2.50. The van der Waals surface area contributed by atoms with Gasteiger partial charge in [-0.25, -0.2) is 4.79 Å². The summed E-state index contributed by atoms with van der Waals surface area (Å²) in [7, 11) is 1.22. The van der Waals surface area contributed by atoms with Crippen molar-refractivity contribution in [2.24, 2.45) is 5.92 Å². The summed E-state index contributed by atoms with van der Waals surface area (Å²) in [5.41, 5.74) is 0.560. The van der Waals surface area contributed by atoms with E-state index < -0.39 is 23.1 Å². The lowest BCUT2D eigenvalue weighted by atomic mass is 10.0. The SMILES string of the molecule is COC(=O)N[C@H](C(=O)N[C@@H](C)c1cccc([N+](=O)[O-])c1)C(C)C. The molecular weight excluding hydrogens is 302 g/mol. The highest BCUT2D eigenvalue weighted by atomic mass is 16.6. The number of ether oxygens (including phenoxy) is 1. The van der Waals surface area contributed by atoms with Gasteiger partial charge in [-0.15, -0.1) is 0 Å². The van der Waals surface area contributed by atoms with Crippen molar-refractivity contribution in [1.82, 2.24) is 10.6 Å². The number of carbonyl (C=O) groups excluding carboxylic acids is 2. The smallest absolute Gasteiger partial charge is 0.407 e. The highest BCUT2D eigenvalue weighted by Crippen LogP contribution is 2.19. The zero-order valence-electron chi connectivity index (χ0n) is 13.5. The maximum absolute atomic E-state index is 12.3. The standard InChI is InChI=1S/C15H21N3O5/c1-9(2)13(17-15(20)23-4)14(19)16-10(3)11-6-5-7-12(8-11)18(21)22/h5-10,13H,1-4H3,(H,16,19)(H,17,20)/t10-,13-/m0/s1. The fourth-order valence-corrected chi connectivity index (χ4v) is 2.02. The Kier molecular flexibility index (Phi) is 6.49. The summed E-state index contributed by atoms with van der Waals surface area (Å²) < 4.78 is 4.51. The van der Waals surface area contributed by atoms with E-state index in [2.05, 4.69) is 15.4 Å². The predicted molar refractivity (Wildman–Crippen MR) is 83.8 cm³/mol. The van der Waals surface area contributed by atoms with E-state index in [9.17, 15) is 19.7 Å². The number of amides is 2. The molecule has 0 aliphatic heterocycles. The van der Waals surface area contributed by atoms with Gasteiger partial charge >= 0.3 is 6.09 Å². The summed E-state index contributed by atoms with van der Waals surface area (Å²) in [6, 6.07) is 4.84. The second kappa shape index (κ2) is 8.11. The van der Waals surface area contributed by atoms with Crippen LogP contribution in [0.4, 0.5) is 10.5 Å². The molecule has 0 spiro atoms. The van der Waals surface area contributed by atoms with Crippen molar-refractivity contribution in [3.05, 3.63) is 39.9 Å². The second-order valence-corrected chi connectivity index (χ2v) is 5.44. The third-order valence-electron chi connectivity index (χ3n) is 3.35. The molecule has 1 aromatic carbocycles. The predicted octanol–water partition coefficient (Wildman–Crippen LogP) is 2.15. The van der Waals surface area contributed by atoms with Crippen molar-refractivity contribution in [3.63, 3.8) is 0 Å². The fraction of sp³-hybridized carbons (Fsp3) is 0.467. The van der Waals surface area contributed by atoms with Gasteiger partial charge in [0.05, 0.1) is 18.1 Å². The van der Waals surface area contributed by atoms with Crippen molar-refractivity contribution < 1.29 is 19.2 Å². The van der Waals surface area contributed by atoms with Gasteiger partial charge in [0.15, 0.2) is 0 Å². The number of non-ortho nitro benzene ring substituents is 1. The maximum Gasteiger partial charge on any atom is 0.407 e. The summed E-state index contributed by atoms with van der Waals surface area (Å²) >= 11 is 0. The summed E-state index contributed by atoms with van der Waals surface area (Å²) in [6.45, 7) is 5.29. The van der Waals surface area contributed by atoms with Gasteiger partial charge in [0.1, 0.15) is 6.04 Å². The van der Waals surface area contributed by atoms with Crippen LogP contribution in [0.15, 0.2) is 24.3 Å². The number of alkyl carbamates (subject to hydrolysis) is 1. The zero-order valence-corrected chi connectivity index (χ0v) is 13.5. The average molecular weight is 323 g/mol. The first-order valence-electron chi connectivity index (χ1n) is 7.15. The van der Waals surface area contributed by atoms with Gasteiger partial charge in [-0.05, 0) is 18.4 Å². The number of nitro benzene ring substituents is 1. The van der Waals surface area contributed by atoms with Crippen LogP contribution in [0.5, 0.6) is 0 Å². The number of carbonyl (C=O) groups is 2. The van der Waals surface area contributed by atoms with Gasteiger partial charge in [0, 0.05) is 12.1 Å². The molecule has 0 radical (unpaired) electrons. The molecule has 2 atom stereocenters. The molecule has 0 aliphatic carbocycles. The summed E-state index contributed by atoms with van der Waals surface area (Å²) in [4.78, 5) is 34.0. The second-order valence-electron chi connectivity index (χ2n) is 5.44. The molecule has 0 fully saturated rings. The third kappa shape index (κ3) is 5.24. The topological polar surface area (TPSA) is 111 Å². The van der Waals surface area contributed by atoms with Crippen molar-refractivity contribution >= 4 is 17.7 Å². The van der Waals surface area contributed by atoms with Crippen LogP contribution in [-0.4, -0.2) is 30.1 Å². The molecule has 1 aromatic rings. The monoisotopic (exact) mass is 323 g/mol. The van der Waals surface area contributed by atoms with Crippen LogP contribution in [0.25, 0.3) is 0 Å². The first-order valence-corrected chi connectivity index (χ1v) is 7.15. The van der Waals surface area contributed by atoms with E-state index in [0.717, 1.165) is 0 Å². The molecule has 1 rings (SSSR count). The van der Waals surface area contributed by atoms with Crippen LogP contribution >= 0.6 is 0 Å². The minimum atomic E-state index is -0.761. The minimum absolute atomic E-state index is 0.0447. The number of nitro groups is 1. The van der Waals surface area contributed by atoms with Crippen LogP contribution < -0.4 is 10.6 Å². The number of hydrogen-bond donors (Lipinski definition) is 2. The third-order valence-corrected chi connectivity index (χ3v) is 3.35. The molecule has 0 heterocycles. The van der Waals surface area contributed by atoms with Crippen molar-refractivity contribution in [1.29, 1.82) is 0 Å². The maximum atomic E-state index is 12.3. The first kappa shape index (κ1) is 18.4. The Morgan fingerprint density at radius 3 is 2.39 bits per heavy atom. The van der Waals surface area contributed by atoms with Crippen molar-refractivity contribution in [3.8, 4) is 0 Å². The first-order chi connectivity index (χ1) is 10.8. The molecule has 0 aliphatic rings. The van der Waals surface area contributed by atoms with E-state index in [1.54, 1.807) is 32.9 Å². The van der Waals surface area contributed by atoms with E-state index in [1.165, 1.54) is 19.2 Å². The van der Waals surface area contributed by atoms with Crippen molar-refractivity contribution in [2.45, 2.75) is 32.9 Å². The highest BCUT2D eigenvalue weighted by molar-refractivity contribution is 5.86. The Bertz CT molecular complexity index is 588. The summed E-state index contributed by atoms with van der Waals surface area (Å²) in [6.07, 6.45) is -0.693. The molecule has 23 heavy (non-hydrogen) atoms. The number of methoxy groups -OCH3 is 1. The van der Waals surface area contributed by atoms with E-state index in [1.807, 2.05) is 0 Å². The van der Waals surface area contributed by atoms with Gasteiger partial charge in [-0.3, -0.25) is 14.9 Å². The number of hydrogen-bond acceptors (Lipinski definition) is 5. The van der Waals surface area contributed by atoms with Gasteiger partial charge < -0.3 is 15.4 Å². The Hall–Kier alpha value is -2.64. The highest BCUT2D eigenvalue weighted by Gasteiger charge is 2.26. The number of nitrogens with zero attached hydrogens (tertiary/aromatic N) is 1. The van der Waals surface area contributed by atoms with E-state index in [-0.39, 0.29) is 17.5 Å². The van der Waals surface area contributed by atoms with Crippen LogP contribution in [0.1, 0.15) is 32.4 Å². The lowest BCUT2D eigenvalue weighted by molar-refractivity contribution is -0.384. The summed E-state index contributed by atoms with van der Waals surface area (Å²) in [5, 5.41) is 16.0. The Labute approximate surface area is 134 Å².